The Morgan fingerprint density at radius 3 is 2.32 bits per heavy atom. The zero-order valence-electron chi connectivity index (χ0n) is 9.30. The molecule has 0 radical (unpaired) electrons. The minimum absolute atomic E-state index is 0.00762. The molecule has 0 saturated carbocycles. The van der Waals surface area contributed by atoms with Crippen LogP contribution >= 0.6 is 43.5 Å². The van der Waals surface area contributed by atoms with Crippen LogP contribution in [0.2, 0.25) is 5.02 Å². The van der Waals surface area contributed by atoms with Crippen LogP contribution in [0.4, 0.5) is 8.78 Å². The van der Waals surface area contributed by atoms with E-state index in [2.05, 4.69) is 31.9 Å². The molecule has 0 fully saturated rings. The summed E-state index contributed by atoms with van der Waals surface area (Å²) in [4.78, 5) is 0. The second kappa shape index (κ2) is 5.87. The fourth-order valence-corrected chi connectivity index (χ4v) is 2.86. The molecule has 1 unspecified atom stereocenters. The van der Waals surface area contributed by atoms with Crippen molar-refractivity contribution in [2.24, 2.45) is 0 Å². The number of aliphatic hydroxyl groups is 1. The molecule has 1 atom stereocenters. The Morgan fingerprint density at radius 2 is 1.68 bits per heavy atom. The van der Waals surface area contributed by atoms with Crippen molar-refractivity contribution in [1.29, 1.82) is 0 Å². The summed E-state index contributed by atoms with van der Waals surface area (Å²) in [6, 6.07) is 6.66. The first-order valence-electron chi connectivity index (χ1n) is 5.17. The highest BCUT2D eigenvalue weighted by molar-refractivity contribution is 9.10. The fraction of sp³-hybridized carbons (Fsp3) is 0.0769. The van der Waals surface area contributed by atoms with Gasteiger partial charge in [0.1, 0.15) is 17.7 Å². The van der Waals surface area contributed by atoms with Gasteiger partial charge < -0.3 is 5.11 Å². The summed E-state index contributed by atoms with van der Waals surface area (Å²) in [5.41, 5.74) is 0.231. The predicted molar refractivity (Wildman–Crippen MR) is 77.3 cm³/mol. The van der Waals surface area contributed by atoms with E-state index in [1.807, 2.05) is 0 Å². The lowest BCUT2D eigenvalue weighted by atomic mass is 10.0. The summed E-state index contributed by atoms with van der Waals surface area (Å²) < 4.78 is 27.9. The van der Waals surface area contributed by atoms with Crippen LogP contribution in [0, 0.1) is 11.6 Å². The van der Waals surface area contributed by atoms with Gasteiger partial charge in [0.05, 0.1) is 4.47 Å². The fourth-order valence-electron chi connectivity index (χ4n) is 1.66. The van der Waals surface area contributed by atoms with Gasteiger partial charge in [0.15, 0.2) is 0 Å². The highest BCUT2D eigenvalue weighted by atomic mass is 79.9. The Hall–Kier alpha value is -0.490. The zero-order chi connectivity index (χ0) is 14.2. The third kappa shape index (κ3) is 3.34. The van der Waals surface area contributed by atoms with Crippen molar-refractivity contribution in [3.63, 3.8) is 0 Å². The van der Waals surface area contributed by atoms with Crippen LogP contribution in [-0.4, -0.2) is 5.11 Å². The van der Waals surface area contributed by atoms with E-state index in [-0.39, 0.29) is 10.0 Å². The summed E-state index contributed by atoms with van der Waals surface area (Å²) in [6.07, 6.45) is -1.29. The summed E-state index contributed by atoms with van der Waals surface area (Å²) in [7, 11) is 0. The molecule has 0 aromatic heterocycles. The van der Waals surface area contributed by atoms with Gasteiger partial charge in [0, 0.05) is 15.1 Å². The lowest BCUT2D eigenvalue weighted by Crippen LogP contribution is -2.04. The van der Waals surface area contributed by atoms with Gasteiger partial charge in [-0.25, -0.2) is 8.78 Å². The molecule has 2 aromatic rings. The van der Waals surface area contributed by atoms with Crippen LogP contribution in [0.1, 0.15) is 17.2 Å². The van der Waals surface area contributed by atoms with Gasteiger partial charge >= 0.3 is 0 Å². The number of rotatable bonds is 2. The quantitative estimate of drug-likeness (QED) is 0.670. The van der Waals surface area contributed by atoms with Gasteiger partial charge in [-0.15, -0.1) is 0 Å². The van der Waals surface area contributed by atoms with Crippen LogP contribution < -0.4 is 0 Å². The maximum absolute atomic E-state index is 13.8. The lowest BCUT2D eigenvalue weighted by Gasteiger charge is -2.14. The van der Waals surface area contributed by atoms with Crippen molar-refractivity contribution >= 4 is 43.5 Å². The number of aliphatic hydroxyl groups excluding tert-OH is 1. The predicted octanol–water partition coefficient (Wildman–Crippen LogP) is 5.22. The van der Waals surface area contributed by atoms with Crippen LogP contribution in [0.25, 0.3) is 0 Å². The molecule has 2 aromatic carbocycles. The molecule has 1 N–H and O–H groups in total. The average molecular weight is 412 g/mol. The maximum atomic E-state index is 13.8. The van der Waals surface area contributed by atoms with Gasteiger partial charge in [0.25, 0.3) is 0 Å². The Balaban J connectivity index is 2.49. The highest BCUT2D eigenvalue weighted by Gasteiger charge is 2.18. The van der Waals surface area contributed by atoms with E-state index in [0.717, 1.165) is 12.1 Å². The largest absolute Gasteiger partial charge is 0.384 e. The summed E-state index contributed by atoms with van der Waals surface area (Å²) in [6.45, 7) is 0. The summed E-state index contributed by atoms with van der Waals surface area (Å²) >= 11 is 12.0. The van der Waals surface area contributed by atoms with Crippen molar-refractivity contribution in [3.8, 4) is 0 Å². The molecule has 0 amide bonds. The Morgan fingerprint density at radius 1 is 1.00 bits per heavy atom. The van der Waals surface area contributed by atoms with Crippen LogP contribution in [0.3, 0.4) is 0 Å². The van der Waals surface area contributed by atoms with E-state index in [1.54, 1.807) is 12.1 Å². The van der Waals surface area contributed by atoms with E-state index in [0.29, 0.717) is 15.1 Å². The Labute approximate surface area is 130 Å². The topological polar surface area (TPSA) is 20.2 Å². The number of halogens is 5. The molecule has 0 bridgehead atoms. The second-order valence-electron chi connectivity index (χ2n) is 3.89. The lowest BCUT2D eigenvalue weighted by molar-refractivity contribution is 0.214. The van der Waals surface area contributed by atoms with Gasteiger partial charge in [-0.1, -0.05) is 27.5 Å². The Bertz CT molecular complexity index is 614. The first-order chi connectivity index (χ1) is 8.88. The molecule has 0 saturated heterocycles. The SMILES string of the molecule is OC(c1cc(Cl)cc(Br)c1)c1cc(F)c(Br)cc1F. The molecule has 0 aliphatic heterocycles. The number of hydrogen-bond donors (Lipinski definition) is 1. The van der Waals surface area contributed by atoms with Gasteiger partial charge in [-0.2, -0.15) is 0 Å². The minimum atomic E-state index is -1.29. The van der Waals surface area contributed by atoms with Gasteiger partial charge in [-0.05, 0) is 51.8 Å². The minimum Gasteiger partial charge on any atom is -0.384 e. The van der Waals surface area contributed by atoms with Crippen molar-refractivity contribution in [3.05, 3.63) is 67.1 Å². The van der Waals surface area contributed by atoms with Crippen molar-refractivity contribution in [2.75, 3.05) is 0 Å². The standard InChI is InChI=1S/C13H7Br2ClF2O/c14-7-1-6(2-8(16)3-7)13(19)9-4-12(18)10(15)5-11(9)17/h1-5,13,19H. The molecule has 19 heavy (non-hydrogen) atoms. The first-order valence-corrected chi connectivity index (χ1v) is 7.13. The monoisotopic (exact) mass is 410 g/mol. The van der Waals surface area contributed by atoms with E-state index >= 15 is 0 Å². The van der Waals surface area contributed by atoms with E-state index in [9.17, 15) is 13.9 Å². The van der Waals surface area contributed by atoms with Crippen molar-refractivity contribution in [2.45, 2.75) is 6.10 Å². The van der Waals surface area contributed by atoms with E-state index in [4.69, 9.17) is 11.6 Å². The third-order valence-electron chi connectivity index (χ3n) is 2.53. The first kappa shape index (κ1) is 14.9. The van der Waals surface area contributed by atoms with Gasteiger partial charge in [0.2, 0.25) is 0 Å². The normalized spacial score (nSPS) is 12.5. The zero-order valence-corrected chi connectivity index (χ0v) is 13.2. The number of benzene rings is 2. The highest BCUT2D eigenvalue weighted by Crippen LogP contribution is 2.31. The smallest absolute Gasteiger partial charge is 0.137 e. The average Bonchev–Trinajstić information content (AvgIpc) is 2.31. The molecule has 6 heteroatoms. The molecule has 0 heterocycles. The molecule has 100 valence electrons. The molecular weight excluding hydrogens is 405 g/mol. The summed E-state index contributed by atoms with van der Waals surface area (Å²) in [5.74, 6) is -1.34. The summed E-state index contributed by atoms with van der Waals surface area (Å²) in [5, 5.41) is 10.5. The Kier molecular flexibility index (Phi) is 4.61. The van der Waals surface area contributed by atoms with Crippen LogP contribution in [-0.2, 0) is 0 Å². The second-order valence-corrected chi connectivity index (χ2v) is 6.10. The third-order valence-corrected chi connectivity index (χ3v) is 3.82. The van der Waals surface area contributed by atoms with Crippen LogP contribution in [0.5, 0.6) is 0 Å². The van der Waals surface area contributed by atoms with E-state index < -0.39 is 17.7 Å². The molecular formula is C13H7Br2ClF2O. The number of hydrogen-bond acceptors (Lipinski definition) is 1. The van der Waals surface area contributed by atoms with Gasteiger partial charge in [-0.3, -0.25) is 0 Å². The molecule has 1 nitrogen and oxygen atoms in total. The van der Waals surface area contributed by atoms with Crippen LogP contribution in [0.15, 0.2) is 39.3 Å². The van der Waals surface area contributed by atoms with Crippen molar-refractivity contribution < 1.29 is 13.9 Å². The molecule has 2 rings (SSSR count). The molecule has 0 spiro atoms. The molecule has 0 aliphatic rings. The van der Waals surface area contributed by atoms with Crippen molar-refractivity contribution in [1.82, 2.24) is 0 Å². The molecule has 0 aliphatic carbocycles. The maximum Gasteiger partial charge on any atom is 0.137 e. The van der Waals surface area contributed by atoms with E-state index in [1.165, 1.54) is 6.07 Å².